The zero-order valence-corrected chi connectivity index (χ0v) is 15.6. The van der Waals surface area contributed by atoms with E-state index in [0.717, 1.165) is 38.8 Å². The summed E-state index contributed by atoms with van der Waals surface area (Å²) >= 11 is 0. The second kappa shape index (κ2) is 5.99. The zero-order chi connectivity index (χ0) is 19.6. The largest absolute Gasteiger partial charge is 0.482 e. The third-order valence-corrected chi connectivity index (χ3v) is 6.14. The Morgan fingerprint density at radius 1 is 1.32 bits per heavy atom. The molecule has 0 radical (unpaired) electrons. The number of benzene rings is 2. The number of halogens is 1. The number of carbonyl (C=O) groups is 1. The molecule has 0 saturated heterocycles. The lowest BCUT2D eigenvalue weighted by atomic mass is 9.42. The highest BCUT2D eigenvalue weighted by molar-refractivity contribution is 6.49. The number of nitrogens with one attached hydrogen (secondary N) is 1. The van der Waals surface area contributed by atoms with Crippen LogP contribution in [-0.2, 0) is 4.79 Å². The fourth-order valence-corrected chi connectivity index (χ4v) is 4.81. The fourth-order valence-electron chi connectivity index (χ4n) is 4.81. The Kier molecular flexibility index (Phi) is 3.66. The van der Waals surface area contributed by atoms with Gasteiger partial charge in [0.2, 0.25) is 0 Å². The van der Waals surface area contributed by atoms with Crippen molar-refractivity contribution in [2.45, 2.75) is 24.4 Å². The molecule has 0 aliphatic carbocycles. The van der Waals surface area contributed by atoms with Gasteiger partial charge in [0.05, 0.1) is 17.2 Å². The highest BCUT2D eigenvalue weighted by Gasteiger charge is 2.39. The van der Waals surface area contributed by atoms with Crippen LogP contribution in [0.3, 0.4) is 0 Å². The zero-order valence-electron chi connectivity index (χ0n) is 15.6. The topological polar surface area (TPSA) is 70.9 Å². The van der Waals surface area contributed by atoms with Crippen molar-refractivity contribution < 1.29 is 14.3 Å². The molecule has 0 amide bonds. The molecule has 1 aliphatic heterocycles. The predicted octanol–water partition coefficient (Wildman–Crippen LogP) is 2.70. The first-order valence-electron chi connectivity index (χ1n) is 9.45. The number of hydrogen-bond acceptors (Lipinski definition) is 2. The van der Waals surface area contributed by atoms with E-state index in [1.54, 1.807) is 18.3 Å². The summed E-state index contributed by atoms with van der Waals surface area (Å²) in [5.41, 5.74) is 4.98. The van der Waals surface area contributed by atoms with E-state index in [4.69, 9.17) is 0 Å². The lowest BCUT2D eigenvalue weighted by Gasteiger charge is -2.31. The molecule has 1 aliphatic rings. The van der Waals surface area contributed by atoms with E-state index in [9.17, 15) is 14.3 Å². The summed E-state index contributed by atoms with van der Waals surface area (Å²) in [6, 6.07) is 10.6. The lowest BCUT2D eigenvalue weighted by Crippen LogP contribution is -2.32. The van der Waals surface area contributed by atoms with Crippen molar-refractivity contribution >= 4 is 42.9 Å². The summed E-state index contributed by atoms with van der Waals surface area (Å²) in [5.74, 6) is -1.50. The Hall–Kier alpha value is -3.02. The number of fused-ring (bicyclic) bond motifs is 4. The fraction of sp³-hybridized carbons (Fsp3) is 0.200. The molecule has 0 saturated carbocycles. The SMILES string of the molecule is BC1c2c(n(-c3ccc(F)cc3)c3cc4cn[nH]c4cc23)C(C)BC1C(=O)O. The Morgan fingerprint density at radius 3 is 2.79 bits per heavy atom. The van der Waals surface area contributed by atoms with Gasteiger partial charge in [-0.3, -0.25) is 9.89 Å². The second-order valence-corrected chi connectivity index (χ2v) is 7.81. The third-order valence-electron chi connectivity index (χ3n) is 6.14. The van der Waals surface area contributed by atoms with Crippen LogP contribution < -0.4 is 0 Å². The van der Waals surface area contributed by atoms with Gasteiger partial charge in [0, 0.05) is 28.0 Å². The molecule has 3 heterocycles. The molecular weight excluding hydrogens is 355 g/mol. The van der Waals surface area contributed by atoms with Crippen LogP contribution in [0.5, 0.6) is 0 Å². The van der Waals surface area contributed by atoms with Gasteiger partial charge in [-0.05, 0) is 53.6 Å². The van der Waals surface area contributed by atoms with Gasteiger partial charge >= 0.3 is 0 Å². The number of H-pyrrole nitrogens is 1. The van der Waals surface area contributed by atoms with Crippen molar-refractivity contribution in [3.05, 3.63) is 59.7 Å². The van der Waals surface area contributed by atoms with E-state index in [1.165, 1.54) is 12.1 Å². The number of rotatable bonds is 2. The van der Waals surface area contributed by atoms with Crippen molar-refractivity contribution in [1.29, 1.82) is 0 Å². The molecule has 8 heteroatoms. The van der Waals surface area contributed by atoms with Gasteiger partial charge < -0.3 is 9.67 Å². The average Bonchev–Trinajstić information content (AvgIpc) is 3.25. The minimum Gasteiger partial charge on any atom is -0.482 e. The predicted molar refractivity (Wildman–Crippen MR) is 111 cm³/mol. The summed E-state index contributed by atoms with van der Waals surface area (Å²) in [5, 5.41) is 18.9. The highest BCUT2D eigenvalue weighted by atomic mass is 19.1. The van der Waals surface area contributed by atoms with E-state index in [-0.39, 0.29) is 17.5 Å². The van der Waals surface area contributed by atoms with Crippen LogP contribution in [-0.4, -0.2) is 41.0 Å². The van der Waals surface area contributed by atoms with E-state index in [1.807, 2.05) is 7.85 Å². The summed E-state index contributed by atoms with van der Waals surface area (Å²) in [4.78, 5) is 11.9. The summed E-state index contributed by atoms with van der Waals surface area (Å²) in [6.07, 6.45) is 1.78. The standard InChI is InChI=1S/C20H18B2FN3O2/c1-9-19-16(17(21)18(22-9)20(27)28)13-7-14-10(8-24-25-14)6-15(13)26(19)12-4-2-11(23)3-5-12/h2-9,17-18,22H,21H2,1H3,(H,24,25)(H,27,28). The first kappa shape index (κ1) is 17.1. The molecular formula is C20H18B2FN3O2. The maximum atomic E-state index is 13.5. The molecule has 0 fully saturated rings. The van der Waals surface area contributed by atoms with E-state index < -0.39 is 11.8 Å². The first-order chi connectivity index (χ1) is 13.5. The smallest absolute Gasteiger partial charge is 0.298 e. The normalized spacial score (nSPS) is 21.6. The maximum absolute atomic E-state index is 13.5. The molecule has 0 spiro atoms. The van der Waals surface area contributed by atoms with Gasteiger partial charge in [0.1, 0.15) is 20.9 Å². The summed E-state index contributed by atoms with van der Waals surface area (Å²) < 4.78 is 15.7. The van der Waals surface area contributed by atoms with Crippen LogP contribution in [0.4, 0.5) is 4.39 Å². The number of aromatic nitrogens is 3. The van der Waals surface area contributed by atoms with Crippen LogP contribution in [0, 0.1) is 5.82 Å². The molecule has 3 atom stereocenters. The number of aliphatic carboxylic acids is 1. The molecule has 5 rings (SSSR count). The summed E-state index contributed by atoms with van der Waals surface area (Å²) in [7, 11) is 2.58. The van der Waals surface area contributed by atoms with Crippen LogP contribution >= 0.6 is 0 Å². The Morgan fingerprint density at radius 2 is 2.07 bits per heavy atom. The molecule has 138 valence electrons. The van der Waals surface area contributed by atoms with E-state index in [0.29, 0.717) is 7.28 Å². The molecule has 28 heavy (non-hydrogen) atoms. The van der Waals surface area contributed by atoms with Crippen molar-refractivity contribution in [2.75, 3.05) is 0 Å². The minimum atomic E-state index is -0.754. The molecule has 4 aromatic rings. The first-order valence-corrected chi connectivity index (χ1v) is 9.45. The van der Waals surface area contributed by atoms with Crippen LogP contribution in [0.1, 0.15) is 29.8 Å². The van der Waals surface area contributed by atoms with Gasteiger partial charge in [-0.2, -0.15) is 5.10 Å². The average molecular weight is 373 g/mol. The van der Waals surface area contributed by atoms with Gasteiger partial charge in [0.15, 0.2) is 0 Å². The van der Waals surface area contributed by atoms with Crippen molar-refractivity contribution in [2.24, 2.45) is 0 Å². The van der Waals surface area contributed by atoms with Crippen molar-refractivity contribution in [3.8, 4) is 5.69 Å². The molecule has 2 aromatic carbocycles. The van der Waals surface area contributed by atoms with Gasteiger partial charge in [-0.1, -0.05) is 6.92 Å². The lowest BCUT2D eigenvalue weighted by molar-refractivity contribution is -0.137. The Balaban J connectivity index is 1.90. The number of aromatic amines is 1. The molecule has 2 aromatic heterocycles. The minimum absolute atomic E-state index is 0.0706. The molecule has 0 bridgehead atoms. The second-order valence-electron chi connectivity index (χ2n) is 7.81. The number of nitrogens with zero attached hydrogens (tertiary/aromatic N) is 2. The maximum Gasteiger partial charge on any atom is 0.298 e. The number of carboxylic acids is 1. The highest BCUT2D eigenvalue weighted by Crippen LogP contribution is 2.46. The number of carboxylic acid groups (broad SMARTS) is 1. The van der Waals surface area contributed by atoms with Gasteiger partial charge in [-0.25, -0.2) is 4.39 Å². The molecule has 5 nitrogen and oxygen atoms in total. The Bertz CT molecular complexity index is 1230. The Labute approximate surface area is 162 Å². The van der Waals surface area contributed by atoms with Crippen molar-refractivity contribution in [3.63, 3.8) is 0 Å². The molecule has 2 N–H and O–H groups in total. The van der Waals surface area contributed by atoms with Crippen LogP contribution in [0.15, 0.2) is 42.6 Å². The third kappa shape index (κ3) is 2.33. The van der Waals surface area contributed by atoms with E-state index in [2.05, 4.69) is 33.8 Å². The molecule has 3 unspecified atom stereocenters. The quantitative estimate of drug-likeness (QED) is 0.531. The van der Waals surface area contributed by atoms with Crippen molar-refractivity contribution in [1.82, 2.24) is 14.8 Å². The van der Waals surface area contributed by atoms with Crippen LogP contribution in [0.25, 0.3) is 27.5 Å². The van der Waals surface area contributed by atoms with Gasteiger partial charge in [0.25, 0.3) is 5.97 Å². The number of hydrogen-bond donors (Lipinski definition) is 2. The monoisotopic (exact) mass is 373 g/mol. The van der Waals surface area contributed by atoms with E-state index >= 15 is 0 Å². The van der Waals surface area contributed by atoms with Crippen LogP contribution in [0.2, 0.25) is 5.82 Å². The van der Waals surface area contributed by atoms with Gasteiger partial charge in [-0.15, -0.1) is 0 Å². The summed E-state index contributed by atoms with van der Waals surface area (Å²) in [6.45, 7) is 2.08.